The number of ketones is 1. The summed E-state index contributed by atoms with van der Waals surface area (Å²) in [5, 5.41) is 0.610. The van der Waals surface area contributed by atoms with Gasteiger partial charge in [-0.15, -0.1) is 0 Å². The van der Waals surface area contributed by atoms with E-state index >= 15 is 0 Å². The van der Waals surface area contributed by atoms with Gasteiger partial charge in [0.2, 0.25) is 0 Å². The van der Waals surface area contributed by atoms with Gasteiger partial charge in [-0.2, -0.15) is 0 Å². The second kappa shape index (κ2) is 4.45. The smallest absolute Gasteiger partial charge is 0.195 e. The highest BCUT2D eigenvalue weighted by Gasteiger charge is 2.15. The van der Waals surface area contributed by atoms with Crippen molar-refractivity contribution in [3.05, 3.63) is 65.4 Å². The van der Waals surface area contributed by atoms with Gasteiger partial charge in [0.1, 0.15) is 11.6 Å². The minimum Gasteiger partial charge on any atom is -0.396 e. The van der Waals surface area contributed by atoms with Crippen molar-refractivity contribution in [3.63, 3.8) is 0 Å². The van der Waals surface area contributed by atoms with Crippen LogP contribution in [0.15, 0.2) is 42.6 Å². The number of anilines is 1. The molecule has 0 radical (unpaired) electrons. The normalized spacial score (nSPS) is 10.9. The van der Waals surface area contributed by atoms with Crippen molar-refractivity contribution >= 4 is 22.4 Å². The van der Waals surface area contributed by atoms with E-state index in [1.165, 1.54) is 36.5 Å². The molecule has 2 aromatic carbocycles. The summed E-state index contributed by atoms with van der Waals surface area (Å²) in [6.07, 6.45) is 1.51. The van der Waals surface area contributed by atoms with E-state index in [4.69, 9.17) is 5.73 Å². The molecule has 0 bridgehead atoms. The van der Waals surface area contributed by atoms with E-state index < -0.39 is 5.82 Å². The van der Waals surface area contributed by atoms with E-state index in [1.807, 2.05) is 0 Å². The number of carbonyl (C=O) groups is 1. The number of nitrogen functional groups attached to an aromatic ring is 1. The first-order valence-corrected chi connectivity index (χ1v) is 5.92. The Balaban J connectivity index is 2.10. The van der Waals surface area contributed by atoms with Gasteiger partial charge < -0.3 is 10.7 Å². The summed E-state index contributed by atoms with van der Waals surface area (Å²) in [6.45, 7) is 0. The Morgan fingerprint density at radius 3 is 2.65 bits per heavy atom. The Morgan fingerprint density at radius 1 is 1.10 bits per heavy atom. The molecule has 3 rings (SSSR count). The van der Waals surface area contributed by atoms with Gasteiger partial charge in [-0.05, 0) is 36.4 Å². The van der Waals surface area contributed by atoms with Crippen LogP contribution in [-0.4, -0.2) is 10.8 Å². The first-order valence-electron chi connectivity index (χ1n) is 5.92. The zero-order chi connectivity index (χ0) is 14.3. The number of halogens is 2. The Hall–Kier alpha value is -2.69. The number of H-pyrrole nitrogens is 1. The van der Waals surface area contributed by atoms with Crippen LogP contribution in [0.2, 0.25) is 0 Å². The molecular weight excluding hydrogens is 262 g/mol. The van der Waals surface area contributed by atoms with Crippen LogP contribution in [0.3, 0.4) is 0 Å². The molecule has 0 aliphatic rings. The predicted molar refractivity (Wildman–Crippen MR) is 72.5 cm³/mol. The first-order chi connectivity index (χ1) is 9.56. The average Bonchev–Trinajstić information content (AvgIpc) is 2.84. The second-order valence-electron chi connectivity index (χ2n) is 4.46. The van der Waals surface area contributed by atoms with Crippen LogP contribution >= 0.6 is 0 Å². The van der Waals surface area contributed by atoms with Gasteiger partial charge in [0.25, 0.3) is 0 Å². The summed E-state index contributed by atoms with van der Waals surface area (Å²) in [7, 11) is 0. The lowest BCUT2D eigenvalue weighted by atomic mass is 10.0. The molecule has 0 saturated carbocycles. The molecule has 0 aliphatic carbocycles. The van der Waals surface area contributed by atoms with Crippen LogP contribution in [-0.2, 0) is 0 Å². The van der Waals surface area contributed by atoms with E-state index in [9.17, 15) is 13.6 Å². The maximum absolute atomic E-state index is 13.1. The molecule has 5 heteroatoms. The van der Waals surface area contributed by atoms with Gasteiger partial charge in [0.05, 0.1) is 5.69 Å². The van der Waals surface area contributed by atoms with Crippen LogP contribution in [0.4, 0.5) is 14.5 Å². The molecule has 0 atom stereocenters. The second-order valence-corrected chi connectivity index (χ2v) is 4.46. The van der Waals surface area contributed by atoms with Gasteiger partial charge in [0, 0.05) is 28.2 Å². The number of aromatic amines is 1. The summed E-state index contributed by atoms with van der Waals surface area (Å²) >= 11 is 0. The number of hydrogen-bond acceptors (Lipinski definition) is 2. The third kappa shape index (κ3) is 1.93. The molecule has 0 aliphatic heterocycles. The molecule has 100 valence electrons. The number of fused-ring (bicyclic) bond motifs is 1. The largest absolute Gasteiger partial charge is 0.396 e. The highest BCUT2D eigenvalue weighted by atomic mass is 19.1. The Labute approximate surface area is 113 Å². The fourth-order valence-corrected chi connectivity index (χ4v) is 2.13. The summed E-state index contributed by atoms with van der Waals surface area (Å²) < 4.78 is 26.2. The lowest BCUT2D eigenvalue weighted by Gasteiger charge is -2.02. The minimum absolute atomic E-state index is 0.0817. The SMILES string of the molecule is Nc1cc(C(=O)c2c[nH]c3cc(F)ccc23)ccc1F. The highest BCUT2D eigenvalue weighted by molar-refractivity contribution is 6.16. The van der Waals surface area contributed by atoms with E-state index in [2.05, 4.69) is 4.98 Å². The standard InChI is InChI=1S/C15H10F2N2O/c16-9-2-3-10-11(7-19-14(10)6-9)15(20)8-1-4-12(17)13(18)5-8/h1-7,19H,18H2. The lowest BCUT2D eigenvalue weighted by molar-refractivity contribution is 0.104. The lowest BCUT2D eigenvalue weighted by Crippen LogP contribution is -2.02. The number of nitrogens with one attached hydrogen (secondary N) is 1. The molecule has 0 amide bonds. The Morgan fingerprint density at radius 2 is 1.90 bits per heavy atom. The molecule has 0 fully saturated rings. The van der Waals surface area contributed by atoms with Crippen LogP contribution in [0, 0.1) is 11.6 Å². The molecule has 3 N–H and O–H groups in total. The maximum atomic E-state index is 13.1. The quantitative estimate of drug-likeness (QED) is 0.555. The van der Waals surface area contributed by atoms with Crippen molar-refractivity contribution in [2.75, 3.05) is 5.73 Å². The van der Waals surface area contributed by atoms with E-state index in [1.54, 1.807) is 0 Å². The van der Waals surface area contributed by atoms with Gasteiger partial charge in [-0.3, -0.25) is 4.79 Å². The first kappa shape index (κ1) is 12.3. The zero-order valence-electron chi connectivity index (χ0n) is 10.3. The third-order valence-electron chi connectivity index (χ3n) is 3.15. The number of carbonyl (C=O) groups excluding carboxylic acids is 1. The minimum atomic E-state index is -0.567. The number of benzene rings is 2. The number of aromatic nitrogens is 1. The molecule has 3 nitrogen and oxygen atoms in total. The van der Waals surface area contributed by atoms with Gasteiger partial charge in [-0.25, -0.2) is 8.78 Å². The summed E-state index contributed by atoms with van der Waals surface area (Å²) in [5.41, 5.74) is 6.59. The van der Waals surface area contributed by atoms with Crippen LogP contribution < -0.4 is 5.73 Å². The van der Waals surface area contributed by atoms with Gasteiger partial charge in [0.15, 0.2) is 5.78 Å². The average molecular weight is 272 g/mol. The molecule has 0 unspecified atom stereocenters. The maximum Gasteiger partial charge on any atom is 0.195 e. The number of nitrogens with two attached hydrogens (primary N) is 1. The highest BCUT2D eigenvalue weighted by Crippen LogP contribution is 2.23. The van der Waals surface area contributed by atoms with E-state index in [0.717, 1.165) is 6.07 Å². The third-order valence-corrected chi connectivity index (χ3v) is 3.15. The molecule has 0 saturated heterocycles. The van der Waals surface area contributed by atoms with Gasteiger partial charge in [-0.1, -0.05) is 0 Å². The van der Waals surface area contributed by atoms with Crippen molar-refractivity contribution < 1.29 is 13.6 Å². The number of hydrogen-bond donors (Lipinski definition) is 2. The van der Waals surface area contributed by atoms with Crippen molar-refractivity contribution in [1.82, 2.24) is 4.98 Å². The monoisotopic (exact) mass is 272 g/mol. The zero-order valence-corrected chi connectivity index (χ0v) is 10.3. The fourth-order valence-electron chi connectivity index (χ4n) is 2.13. The summed E-state index contributed by atoms with van der Waals surface area (Å²) in [5.74, 6) is -1.25. The summed E-state index contributed by atoms with van der Waals surface area (Å²) in [4.78, 5) is 15.2. The Kier molecular flexibility index (Phi) is 2.75. The summed E-state index contributed by atoms with van der Waals surface area (Å²) in [6, 6.07) is 7.94. The van der Waals surface area contributed by atoms with E-state index in [0.29, 0.717) is 16.5 Å². The van der Waals surface area contributed by atoms with Crippen molar-refractivity contribution in [1.29, 1.82) is 0 Å². The van der Waals surface area contributed by atoms with Crippen molar-refractivity contribution in [2.45, 2.75) is 0 Å². The molecule has 1 heterocycles. The fraction of sp³-hybridized carbons (Fsp3) is 0. The van der Waals surface area contributed by atoms with Gasteiger partial charge >= 0.3 is 0 Å². The van der Waals surface area contributed by atoms with Crippen LogP contribution in [0.25, 0.3) is 10.9 Å². The topological polar surface area (TPSA) is 58.9 Å². The van der Waals surface area contributed by atoms with Crippen LogP contribution in [0.5, 0.6) is 0 Å². The molecular formula is C15H10F2N2O. The molecule has 20 heavy (non-hydrogen) atoms. The van der Waals surface area contributed by atoms with E-state index in [-0.39, 0.29) is 22.9 Å². The molecule has 1 aromatic heterocycles. The number of rotatable bonds is 2. The van der Waals surface area contributed by atoms with Crippen LogP contribution in [0.1, 0.15) is 15.9 Å². The predicted octanol–water partition coefficient (Wildman–Crippen LogP) is 3.26. The Bertz CT molecular complexity index is 824. The van der Waals surface area contributed by atoms with Crippen molar-refractivity contribution in [3.8, 4) is 0 Å². The molecule has 0 spiro atoms. The molecule has 3 aromatic rings. The van der Waals surface area contributed by atoms with Crippen molar-refractivity contribution in [2.24, 2.45) is 0 Å².